The fourth-order valence-corrected chi connectivity index (χ4v) is 3.67. The molecular formula is C20H25N5O2. The second-order valence-corrected chi connectivity index (χ2v) is 7.25. The predicted molar refractivity (Wildman–Crippen MR) is 104 cm³/mol. The molecule has 7 heteroatoms. The highest BCUT2D eigenvalue weighted by Crippen LogP contribution is 2.19. The van der Waals surface area contributed by atoms with Crippen LogP contribution < -0.4 is 10.6 Å². The molecule has 0 spiro atoms. The average Bonchev–Trinajstić information content (AvgIpc) is 3.09. The van der Waals surface area contributed by atoms with Gasteiger partial charge in [0.1, 0.15) is 11.9 Å². The number of aliphatic hydroxyl groups is 1. The van der Waals surface area contributed by atoms with Gasteiger partial charge in [-0.1, -0.05) is 24.3 Å². The normalized spacial score (nSPS) is 22.3. The number of allylic oxidation sites excluding steroid dienone is 1. The second-order valence-electron chi connectivity index (χ2n) is 7.25. The Labute approximate surface area is 159 Å². The van der Waals surface area contributed by atoms with Crippen LogP contribution in [0, 0.1) is 0 Å². The molecule has 0 aromatic heterocycles. The van der Waals surface area contributed by atoms with Crippen LogP contribution in [0.1, 0.15) is 18.1 Å². The van der Waals surface area contributed by atoms with Gasteiger partial charge >= 0.3 is 0 Å². The van der Waals surface area contributed by atoms with Gasteiger partial charge in [-0.2, -0.15) is 0 Å². The number of fused-ring (bicyclic) bond motifs is 2. The third kappa shape index (κ3) is 4.04. The summed E-state index contributed by atoms with van der Waals surface area (Å²) in [7, 11) is 0. The zero-order valence-corrected chi connectivity index (χ0v) is 15.4. The third-order valence-corrected chi connectivity index (χ3v) is 5.08. The first-order valence-corrected chi connectivity index (χ1v) is 9.32. The molecule has 3 aliphatic rings. The van der Waals surface area contributed by atoms with Gasteiger partial charge in [-0.05, 0) is 24.5 Å². The van der Waals surface area contributed by atoms with Gasteiger partial charge in [0, 0.05) is 44.8 Å². The van der Waals surface area contributed by atoms with Crippen molar-refractivity contribution in [1.29, 1.82) is 0 Å². The van der Waals surface area contributed by atoms with Gasteiger partial charge in [0.05, 0.1) is 11.8 Å². The van der Waals surface area contributed by atoms with Gasteiger partial charge in [0.15, 0.2) is 0 Å². The number of amides is 1. The van der Waals surface area contributed by atoms with Crippen molar-refractivity contribution in [1.82, 2.24) is 20.4 Å². The molecule has 142 valence electrons. The minimum Gasteiger partial charge on any atom is -0.390 e. The van der Waals surface area contributed by atoms with Crippen molar-refractivity contribution in [2.24, 2.45) is 4.99 Å². The Balaban J connectivity index is 1.25. The molecule has 3 N–H and O–H groups in total. The average molecular weight is 367 g/mol. The highest BCUT2D eigenvalue weighted by atomic mass is 16.3. The van der Waals surface area contributed by atoms with Gasteiger partial charge in [-0.3, -0.25) is 14.7 Å². The molecule has 0 saturated heterocycles. The molecule has 7 nitrogen and oxygen atoms in total. The van der Waals surface area contributed by atoms with Crippen LogP contribution in [0.4, 0.5) is 0 Å². The molecule has 0 aliphatic carbocycles. The number of hydrogen-bond donors (Lipinski definition) is 3. The van der Waals surface area contributed by atoms with Gasteiger partial charge < -0.3 is 20.6 Å². The lowest BCUT2D eigenvalue weighted by atomic mass is 10.00. The summed E-state index contributed by atoms with van der Waals surface area (Å²) in [5.41, 5.74) is 4.09. The molecule has 3 aliphatic heterocycles. The van der Waals surface area contributed by atoms with E-state index in [1.807, 2.05) is 18.0 Å². The summed E-state index contributed by atoms with van der Waals surface area (Å²) < 4.78 is 0. The Hall–Kier alpha value is -2.64. The standard InChI is InChI=1S/C20H25N5O2/c1-14-10-25-13-18(23-19(25)9-21-14)20(27)22-8-17(26)12-24-7-6-15-4-2-3-5-16(15)11-24/h2-5,9-10,13,17,19,23,26H,6-8,11-12H2,1H3,(H,22,27). The van der Waals surface area contributed by atoms with E-state index in [4.69, 9.17) is 0 Å². The van der Waals surface area contributed by atoms with Gasteiger partial charge in [-0.15, -0.1) is 0 Å². The molecule has 0 saturated carbocycles. The molecule has 0 radical (unpaired) electrons. The first-order valence-electron chi connectivity index (χ1n) is 9.32. The lowest BCUT2D eigenvalue weighted by Crippen LogP contribution is -2.43. The molecule has 1 amide bonds. The van der Waals surface area contributed by atoms with Crippen molar-refractivity contribution in [3.8, 4) is 0 Å². The Morgan fingerprint density at radius 1 is 1.37 bits per heavy atom. The predicted octanol–water partition coefficient (Wildman–Crippen LogP) is 0.540. The van der Waals surface area contributed by atoms with E-state index < -0.39 is 6.10 Å². The van der Waals surface area contributed by atoms with Crippen LogP contribution in [0.3, 0.4) is 0 Å². The van der Waals surface area contributed by atoms with E-state index in [1.165, 1.54) is 11.1 Å². The van der Waals surface area contributed by atoms with Crippen molar-refractivity contribution < 1.29 is 9.90 Å². The van der Waals surface area contributed by atoms with Crippen molar-refractivity contribution in [3.63, 3.8) is 0 Å². The molecule has 2 atom stereocenters. The van der Waals surface area contributed by atoms with Crippen LogP contribution in [0.15, 0.2) is 53.1 Å². The zero-order chi connectivity index (χ0) is 18.8. The third-order valence-electron chi connectivity index (χ3n) is 5.08. The fraction of sp³-hybridized carbons (Fsp3) is 0.400. The van der Waals surface area contributed by atoms with E-state index in [1.54, 1.807) is 12.4 Å². The zero-order valence-electron chi connectivity index (χ0n) is 15.4. The van der Waals surface area contributed by atoms with Crippen LogP contribution in [0.5, 0.6) is 0 Å². The van der Waals surface area contributed by atoms with Crippen molar-refractivity contribution >= 4 is 12.1 Å². The Bertz CT molecular complexity index is 816. The van der Waals surface area contributed by atoms with E-state index in [-0.39, 0.29) is 18.6 Å². The maximum absolute atomic E-state index is 12.4. The van der Waals surface area contributed by atoms with Crippen LogP contribution in [0.2, 0.25) is 0 Å². The van der Waals surface area contributed by atoms with Crippen molar-refractivity contribution in [2.45, 2.75) is 32.2 Å². The maximum Gasteiger partial charge on any atom is 0.269 e. The Morgan fingerprint density at radius 3 is 3.04 bits per heavy atom. The quantitative estimate of drug-likeness (QED) is 0.708. The number of β-amino-alcohol motifs (C(OH)–C–C–N with tert-alkyl or cyclic N) is 1. The van der Waals surface area contributed by atoms with E-state index >= 15 is 0 Å². The largest absolute Gasteiger partial charge is 0.390 e. The summed E-state index contributed by atoms with van der Waals surface area (Å²) in [6.45, 7) is 4.45. The molecular weight excluding hydrogens is 342 g/mol. The molecule has 2 unspecified atom stereocenters. The number of nitrogens with one attached hydrogen (secondary N) is 2. The van der Waals surface area contributed by atoms with Crippen molar-refractivity contribution in [2.75, 3.05) is 19.6 Å². The summed E-state index contributed by atoms with van der Waals surface area (Å²) in [6.07, 6.45) is 5.71. The molecule has 3 heterocycles. The summed E-state index contributed by atoms with van der Waals surface area (Å²) in [4.78, 5) is 20.8. The molecule has 4 rings (SSSR count). The highest BCUT2D eigenvalue weighted by molar-refractivity contribution is 5.94. The topological polar surface area (TPSA) is 80.2 Å². The number of aliphatic imine (C=N–C) groups is 1. The minimum atomic E-state index is -0.604. The molecule has 0 fully saturated rings. The van der Waals surface area contributed by atoms with E-state index in [0.717, 1.165) is 25.2 Å². The summed E-state index contributed by atoms with van der Waals surface area (Å²) >= 11 is 0. The lowest BCUT2D eigenvalue weighted by Gasteiger charge is -2.30. The smallest absolute Gasteiger partial charge is 0.269 e. The van der Waals surface area contributed by atoms with Crippen molar-refractivity contribution in [3.05, 3.63) is 59.2 Å². The van der Waals surface area contributed by atoms with E-state index in [9.17, 15) is 9.90 Å². The fourth-order valence-electron chi connectivity index (χ4n) is 3.67. The van der Waals surface area contributed by atoms with Gasteiger partial charge in [0.25, 0.3) is 5.91 Å². The first kappa shape index (κ1) is 17.8. The van der Waals surface area contributed by atoms with E-state index in [2.05, 4.69) is 44.8 Å². The molecule has 1 aromatic carbocycles. The van der Waals surface area contributed by atoms with Gasteiger partial charge in [-0.25, -0.2) is 0 Å². The van der Waals surface area contributed by atoms with E-state index in [0.29, 0.717) is 12.2 Å². The molecule has 0 bridgehead atoms. The first-order chi connectivity index (χ1) is 13.1. The minimum absolute atomic E-state index is 0.118. The Morgan fingerprint density at radius 2 is 2.19 bits per heavy atom. The number of carbonyl (C=O) groups excluding carboxylic acids is 1. The maximum atomic E-state index is 12.4. The summed E-state index contributed by atoms with van der Waals surface area (Å²) in [5, 5.41) is 16.3. The SMILES string of the molecule is CC1=CN2C=C(C(=O)NCC(O)CN3CCc4ccccc4C3)NC2C=N1. The summed E-state index contributed by atoms with van der Waals surface area (Å²) in [6, 6.07) is 8.43. The number of benzene rings is 1. The summed E-state index contributed by atoms with van der Waals surface area (Å²) in [5.74, 6) is -0.216. The number of hydrogen-bond acceptors (Lipinski definition) is 6. The highest BCUT2D eigenvalue weighted by Gasteiger charge is 2.27. The Kier molecular flexibility index (Phi) is 4.96. The molecule has 27 heavy (non-hydrogen) atoms. The second kappa shape index (κ2) is 7.54. The lowest BCUT2D eigenvalue weighted by molar-refractivity contribution is -0.118. The number of nitrogens with zero attached hydrogens (tertiary/aromatic N) is 3. The van der Waals surface area contributed by atoms with Crippen LogP contribution in [-0.4, -0.2) is 58.9 Å². The van der Waals surface area contributed by atoms with Crippen LogP contribution in [0.25, 0.3) is 0 Å². The molecule has 1 aromatic rings. The number of aliphatic hydroxyl groups excluding tert-OH is 1. The number of rotatable bonds is 5. The van der Waals surface area contributed by atoms with Crippen LogP contribution >= 0.6 is 0 Å². The number of carbonyl (C=O) groups is 1. The van der Waals surface area contributed by atoms with Gasteiger partial charge in [0.2, 0.25) is 0 Å². The monoisotopic (exact) mass is 367 g/mol. The van der Waals surface area contributed by atoms with Crippen LogP contribution in [-0.2, 0) is 17.8 Å².